The Morgan fingerprint density at radius 2 is 1.96 bits per heavy atom. The highest BCUT2D eigenvalue weighted by molar-refractivity contribution is 7.14. The van der Waals surface area contributed by atoms with Gasteiger partial charge in [-0.25, -0.2) is 4.98 Å². The number of anilines is 1. The average Bonchev–Trinajstić information content (AvgIpc) is 3.22. The van der Waals surface area contributed by atoms with Crippen molar-refractivity contribution in [3.63, 3.8) is 0 Å². The van der Waals surface area contributed by atoms with Crippen LogP contribution in [-0.4, -0.2) is 23.4 Å². The van der Waals surface area contributed by atoms with Crippen molar-refractivity contribution in [2.75, 3.05) is 11.9 Å². The van der Waals surface area contributed by atoms with Gasteiger partial charge in [0.15, 0.2) is 6.61 Å². The third-order valence-electron chi connectivity index (χ3n) is 3.27. The summed E-state index contributed by atoms with van der Waals surface area (Å²) in [7, 11) is 0. The fourth-order valence-electron chi connectivity index (χ4n) is 2.09. The highest BCUT2D eigenvalue weighted by Gasteiger charge is 2.13. The lowest BCUT2D eigenvalue weighted by Crippen LogP contribution is -2.21. The van der Waals surface area contributed by atoms with Gasteiger partial charge in [-0.05, 0) is 42.6 Å². The van der Waals surface area contributed by atoms with Crippen molar-refractivity contribution in [2.24, 2.45) is 5.73 Å². The summed E-state index contributed by atoms with van der Waals surface area (Å²) in [6.07, 6.45) is 0. The first kappa shape index (κ1) is 17.1. The number of nitrogens with zero attached hydrogens (tertiary/aromatic N) is 1. The first-order chi connectivity index (χ1) is 12.0. The quantitative estimate of drug-likeness (QED) is 0.693. The minimum atomic E-state index is -0.578. The fraction of sp³-hybridized carbons (Fsp3) is 0.118. The van der Waals surface area contributed by atoms with Gasteiger partial charge >= 0.3 is 0 Å². The molecule has 0 fully saturated rings. The number of rotatable bonds is 6. The van der Waals surface area contributed by atoms with Crippen LogP contribution in [0.4, 0.5) is 5.00 Å². The second-order valence-electron chi connectivity index (χ2n) is 5.18. The van der Waals surface area contributed by atoms with Crippen molar-refractivity contribution in [3.8, 4) is 16.3 Å². The first-order valence-corrected chi connectivity index (χ1v) is 9.11. The molecule has 2 heterocycles. The molecular weight excluding hydrogens is 358 g/mol. The Balaban J connectivity index is 1.57. The van der Waals surface area contributed by atoms with Crippen LogP contribution < -0.4 is 15.8 Å². The van der Waals surface area contributed by atoms with Crippen LogP contribution in [0.3, 0.4) is 0 Å². The molecule has 128 valence electrons. The van der Waals surface area contributed by atoms with E-state index in [0.29, 0.717) is 16.3 Å². The Hall–Kier alpha value is -2.71. The molecule has 1 aromatic carbocycles. The van der Waals surface area contributed by atoms with Crippen molar-refractivity contribution in [1.29, 1.82) is 0 Å². The van der Waals surface area contributed by atoms with Gasteiger partial charge in [0.2, 0.25) is 0 Å². The number of thiazole rings is 1. The number of hydrogen-bond donors (Lipinski definition) is 2. The molecule has 0 saturated heterocycles. The van der Waals surface area contributed by atoms with E-state index in [-0.39, 0.29) is 12.5 Å². The second kappa shape index (κ2) is 7.45. The van der Waals surface area contributed by atoms with E-state index < -0.39 is 5.91 Å². The number of aryl methyl sites for hydroxylation is 1. The number of thiophene rings is 1. The highest BCUT2D eigenvalue weighted by Crippen LogP contribution is 2.26. The van der Waals surface area contributed by atoms with Gasteiger partial charge < -0.3 is 15.8 Å². The van der Waals surface area contributed by atoms with Crippen LogP contribution in [0.15, 0.2) is 41.1 Å². The number of hydrogen-bond acceptors (Lipinski definition) is 6. The lowest BCUT2D eigenvalue weighted by Gasteiger charge is -2.07. The van der Waals surface area contributed by atoms with E-state index >= 15 is 0 Å². The third kappa shape index (κ3) is 4.23. The molecule has 8 heteroatoms. The molecule has 0 saturated carbocycles. The SMILES string of the molecule is Cc1csc(-c2ccc(OCC(=O)Nc3sccc3C(N)=O)cc2)n1. The molecule has 3 N–H and O–H groups in total. The van der Waals surface area contributed by atoms with Crippen LogP contribution in [0, 0.1) is 6.92 Å². The summed E-state index contributed by atoms with van der Waals surface area (Å²) in [4.78, 5) is 27.6. The predicted molar refractivity (Wildman–Crippen MR) is 99.2 cm³/mol. The summed E-state index contributed by atoms with van der Waals surface area (Å²) in [5, 5.41) is 7.68. The smallest absolute Gasteiger partial charge is 0.262 e. The number of nitrogens with two attached hydrogens (primary N) is 1. The predicted octanol–water partition coefficient (Wildman–Crippen LogP) is 3.30. The maximum Gasteiger partial charge on any atom is 0.262 e. The molecule has 0 aliphatic heterocycles. The summed E-state index contributed by atoms with van der Waals surface area (Å²) < 4.78 is 5.47. The zero-order valence-corrected chi connectivity index (χ0v) is 14.9. The van der Waals surface area contributed by atoms with Crippen LogP contribution in [0.5, 0.6) is 5.75 Å². The van der Waals surface area contributed by atoms with Gasteiger partial charge in [-0.1, -0.05) is 0 Å². The molecule has 3 aromatic rings. The Labute approximate surface area is 152 Å². The summed E-state index contributed by atoms with van der Waals surface area (Å²) >= 11 is 2.82. The molecule has 0 spiro atoms. The normalized spacial score (nSPS) is 10.4. The maximum absolute atomic E-state index is 12.0. The van der Waals surface area contributed by atoms with Crippen molar-refractivity contribution in [1.82, 2.24) is 4.98 Å². The van der Waals surface area contributed by atoms with E-state index in [1.54, 1.807) is 34.9 Å². The lowest BCUT2D eigenvalue weighted by atomic mass is 10.2. The van der Waals surface area contributed by atoms with Gasteiger partial charge in [-0.2, -0.15) is 0 Å². The van der Waals surface area contributed by atoms with E-state index in [2.05, 4.69) is 10.3 Å². The van der Waals surface area contributed by atoms with Gasteiger partial charge in [-0.3, -0.25) is 9.59 Å². The van der Waals surface area contributed by atoms with Crippen LogP contribution in [0.25, 0.3) is 10.6 Å². The fourth-order valence-corrected chi connectivity index (χ4v) is 3.70. The molecule has 0 unspecified atom stereocenters. The van der Waals surface area contributed by atoms with E-state index in [0.717, 1.165) is 16.3 Å². The number of ether oxygens (including phenoxy) is 1. The topological polar surface area (TPSA) is 94.3 Å². The molecule has 0 radical (unpaired) electrons. The Morgan fingerprint density at radius 3 is 2.60 bits per heavy atom. The van der Waals surface area contributed by atoms with E-state index in [4.69, 9.17) is 10.5 Å². The maximum atomic E-state index is 12.0. The minimum Gasteiger partial charge on any atom is -0.484 e. The highest BCUT2D eigenvalue weighted by atomic mass is 32.1. The van der Waals surface area contributed by atoms with Crippen molar-refractivity contribution >= 4 is 39.5 Å². The summed E-state index contributed by atoms with van der Waals surface area (Å²) in [6.45, 7) is 1.79. The van der Waals surface area contributed by atoms with E-state index in [9.17, 15) is 9.59 Å². The molecule has 0 bridgehead atoms. The second-order valence-corrected chi connectivity index (χ2v) is 6.96. The van der Waals surface area contributed by atoms with Crippen molar-refractivity contribution in [2.45, 2.75) is 6.92 Å². The number of nitrogens with one attached hydrogen (secondary N) is 1. The van der Waals surface area contributed by atoms with E-state index in [1.165, 1.54) is 11.3 Å². The van der Waals surface area contributed by atoms with Crippen molar-refractivity contribution in [3.05, 3.63) is 52.3 Å². The number of primary amides is 1. The van der Waals surface area contributed by atoms with Gasteiger partial charge in [0.05, 0.1) is 5.56 Å². The van der Waals surface area contributed by atoms with Crippen LogP contribution in [0.2, 0.25) is 0 Å². The van der Waals surface area contributed by atoms with Crippen LogP contribution in [0.1, 0.15) is 16.1 Å². The largest absolute Gasteiger partial charge is 0.484 e. The number of carbonyl (C=O) groups is 2. The number of benzene rings is 1. The zero-order chi connectivity index (χ0) is 17.8. The molecule has 0 aliphatic rings. The summed E-state index contributed by atoms with van der Waals surface area (Å²) in [5.74, 6) is -0.358. The Morgan fingerprint density at radius 1 is 1.20 bits per heavy atom. The molecule has 3 rings (SSSR count). The number of amides is 2. The number of carbonyl (C=O) groups excluding carboxylic acids is 2. The number of aromatic nitrogens is 1. The molecule has 2 aromatic heterocycles. The van der Waals surface area contributed by atoms with Crippen molar-refractivity contribution < 1.29 is 14.3 Å². The van der Waals surface area contributed by atoms with Crippen LogP contribution >= 0.6 is 22.7 Å². The molecule has 0 atom stereocenters. The Kier molecular flexibility index (Phi) is 5.11. The molecule has 0 aliphatic carbocycles. The molecule has 6 nitrogen and oxygen atoms in total. The summed E-state index contributed by atoms with van der Waals surface area (Å²) in [5.41, 5.74) is 7.52. The van der Waals surface area contributed by atoms with Gasteiger partial charge in [0.25, 0.3) is 11.8 Å². The molecule has 25 heavy (non-hydrogen) atoms. The van der Waals surface area contributed by atoms with Crippen LogP contribution in [-0.2, 0) is 4.79 Å². The lowest BCUT2D eigenvalue weighted by molar-refractivity contribution is -0.118. The first-order valence-electron chi connectivity index (χ1n) is 7.35. The molecule has 2 amide bonds. The average molecular weight is 373 g/mol. The molecular formula is C17H15N3O3S2. The third-order valence-corrected chi connectivity index (χ3v) is 5.11. The monoisotopic (exact) mass is 373 g/mol. The summed E-state index contributed by atoms with van der Waals surface area (Å²) in [6, 6.07) is 8.95. The van der Waals surface area contributed by atoms with Gasteiger partial charge in [0, 0.05) is 16.6 Å². The zero-order valence-electron chi connectivity index (χ0n) is 13.3. The van der Waals surface area contributed by atoms with E-state index in [1.807, 2.05) is 24.4 Å². The van der Waals surface area contributed by atoms with Gasteiger partial charge in [0.1, 0.15) is 15.8 Å². The van der Waals surface area contributed by atoms with Gasteiger partial charge in [-0.15, -0.1) is 22.7 Å². The minimum absolute atomic E-state index is 0.161. The standard InChI is InChI=1S/C17H15N3O3S2/c1-10-9-25-16(19-10)11-2-4-12(5-3-11)23-8-14(21)20-17-13(15(18)22)6-7-24-17/h2-7,9H,8H2,1H3,(H2,18,22)(H,20,21). The Bertz CT molecular complexity index is 900.